The fourth-order valence-electron chi connectivity index (χ4n) is 1.86. The molecular formula is C13H22BrN3O2S. The summed E-state index contributed by atoms with van der Waals surface area (Å²) >= 11 is 3.23. The Bertz CT molecular complexity index is 530. The third kappa shape index (κ3) is 5.05. The lowest BCUT2D eigenvalue weighted by Gasteiger charge is -2.17. The first-order valence-electron chi connectivity index (χ1n) is 6.67. The van der Waals surface area contributed by atoms with Gasteiger partial charge in [-0.3, -0.25) is 0 Å². The van der Waals surface area contributed by atoms with Crippen LogP contribution in [-0.2, 0) is 10.0 Å². The summed E-state index contributed by atoms with van der Waals surface area (Å²) in [4.78, 5) is 2.47. The number of benzene rings is 1. The second-order valence-corrected chi connectivity index (χ2v) is 7.06. The van der Waals surface area contributed by atoms with Crippen molar-refractivity contribution in [2.75, 3.05) is 31.9 Å². The van der Waals surface area contributed by atoms with Gasteiger partial charge in [-0.15, -0.1) is 0 Å². The van der Waals surface area contributed by atoms with Crippen LogP contribution in [0.2, 0.25) is 0 Å². The molecule has 0 amide bonds. The van der Waals surface area contributed by atoms with Gasteiger partial charge in [0.25, 0.3) is 0 Å². The van der Waals surface area contributed by atoms with Crippen LogP contribution in [0.3, 0.4) is 0 Å². The van der Waals surface area contributed by atoms with E-state index in [1.54, 1.807) is 12.1 Å². The Morgan fingerprint density at radius 3 is 2.50 bits per heavy atom. The first-order valence-corrected chi connectivity index (χ1v) is 8.95. The number of nitrogens with two attached hydrogens (primary N) is 1. The molecule has 0 aliphatic rings. The molecule has 0 atom stereocenters. The number of hydrogen-bond donors (Lipinski definition) is 2. The minimum atomic E-state index is -3.49. The molecule has 1 aromatic carbocycles. The smallest absolute Gasteiger partial charge is 0.241 e. The van der Waals surface area contributed by atoms with Gasteiger partial charge in [0.2, 0.25) is 10.0 Å². The molecule has 0 saturated carbocycles. The molecule has 3 N–H and O–H groups in total. The van der Waals surface area contributed by atoms with E-state index in [9.17, 15) is 8.42 Å². The molecule has 0 heterocycles. The minimum Gasteiger partial charge on any atom is -0.399 e. The van der Waals surface area contributed by atoms with E-state index in [0.29, 0.717) is 16.7 Å². The quantitative estimate of drug-likeness (QED) is 0.547. The number of anilines is 1. The Morgan fingerprint density at radius 1 is 1.30 bits per heavy atom. The first kappa shape index (κ1) is 17.4. The van der Waals surface area contributed by atoms with E-state index >= 15 is 0 Å². The standard InChI is InChI=1S/C13H22BrN3O2S/c1-3-17(4-2)9-5-8-16-20(18,19)13-7-6-11(15)10-12(13)14/h6-7,10,16H,3-5,8-9,15H2,1-2H3. The highest BCUT2D eigenvalue weighted by Crippen LogP contribution is 2.23. The first-order chi connectivity index (χ1) is 9.40. The molecule has 0 radical (unpaired) electrons. The summed E-state index contributed by atoms with van der Waals surface area (Å²) < 4.78 is 27.4. The van der Waals surface area contributed by atoms with Crippen LogP contribution in [0.25, 0.3) is 0 Å². The fourth-order valence-corrected chi connectivity index (χ4v) is 4.03. The van der Waals surface area contributed by atoms with Crippen LogP contribution in [0.15, 0.2) is 27.6 Å². The number of hydrogen-bond acceptors (Lipinski definition) is 4. The lowest BCUT2D eigenvalue weighted by Crippen LogP contribution is -2.30. The second-order valence-electron chi connectivity index (χ2n) is 4.47. The largest absolute Gasteiger partial charge is 0.399 e. The van der Waals surface area contributed by atoms with Gasteiger partial charge >= 0.3 is 0 Å². The van der Waals surface area contributed by atoms with E-state index in [1.807, 2.05) is 0 Å². The molecule has 20 heavy (non-hydrogen) atoms. The van der Waals surface area contributed by atoms with Crippen LogP contribution >= 0.6 is 15.9 Å². The third-order valence-corrected chi connectivity index (χ3v) is 5.52. The van der Waals surface area contributed by atoms with Crippen LogP contribution < -0.4 is 10.5 Å². The monoisotopic (exact) mass is 363 g/mol. The lowest BCUT2D eigenvalue weighted by molar-refractivity contribution is 0.300. The summed E-state index contributed by atoms with van der Waals surface area (Å²) in [5.74, 6) is 0. The van der Waals surface area contributed by atoms with Crippen molar-refractivity contribution in [3.63, 3.8) is 0 Å². The summed E-state index contributed by atoms with van der Waals surface area (Å²) in [5, 5.41) is 0. The van der Waals surface area contributed by atoms with Crippen molar-refractivity contribution in [1.29, 1.82) is 0 Å². The molecule has 7 heteroatoms. The van der Waals surface area contributed by atoms with Gasteiger partial charge in [-0.2, -0.15) is 0 Å². The lowest BCUT2D eigenvalue weighted by atomic mass is 10.3. The zero-order valence-electron chi connectivity index (χ0n) is 11.9. The number of nitrogen functional groups attached to an aromatic ring is 1. The Labute approximate surface area is 129 Å². The molecular weight excluding hydrogens is 342 g/mol. The van der Waals surface area contributed by atoms with Crippen molar-refractivity contribution in [1.82, 2.24) is 9.62 Å². The van der Waals surface area contributed by atoms with Crippen LogP contribution in [0.4, 0.5) is 5.69 Å². The topological polar surface area (TPSA) is 75.4 Å². The SMILES string of the molecule is CCN(CC)CCCNS(=O)(=O)c1ccc(N)cc1Br. The average molecular weight is 364 g/mol. The molecule has 0 aromatic heterocycles. The van der Waals surface area contributed by atoms with Gasteiger partial charge < -0.3 is 10.6 Å². The normalized spacial score (nSPS) is 12.0. The number of halogens is 1. The van der Waals surface area contributed by atoms with Gasteiger partial charge in [0, 0.05) is 16.7 Å². The van der Waals surface area contributed by atoms with E-state index < -0.39 is 10.0 Å². The molecule has 0 fully saturated rings. The zero-order valence-corrected chi connectivity index (χ0v) is 14.3. The van der Waals surface area contributed by atoms with Gasteiger partial charge in [0.05, 0.1) is 4.90 Å². The van der Waals surface area contributed by atoms with Crippen LogP contribution in [0.1, 0.15) is 20.3 Å². The number of rotatable bonds is 8. The van der Waals surface area contributed by atoms with Crippen molar-refractivity contribution < 1.29 is 8.42 Å². The Balaban J connectivity index is 2.58. The molecule has 0 aliphatic carbocycles. The zero-order chi connectivity index (χ0) is 15.2. The van der Waals surface area contributed by atoms with Crippen molar-refractivity contribution in [2.24, 2.45) is 0 Å². The van der Waals surface area contributed by atoms with E-state index in [-0.39, 0.29) is 4.90 Å². The van der Waals surface area contributed by atoms with Gasteiger partial charge in [0.1, 0.15) is 0 Å². The van der Waals surface area contributed by atoms with Crippen LogP contribution in [-0.4, -0.2) is 39.5 Å². The van der Waals surface area contributed by atoms with E-state index in [4.69, 9.17) is 5.73 Å². The van der Waals surface area contributed by atoms with Crippen molar-refractivity contribution in [3.05, 3.63) is 22.7 Å². The highest BCUT2D eigenvalue weighted by molar-refractivity contribution is 9.10. The van der Waals surface area contributed by atoms with Gasteiger partial charge in [-0.25, -0.2) is 13.1 Å². The van der Waals surface area contributed by atoms with Gasteiger partial charge in [0.15, 0.2) is 0 Å². The molecule has 0 aliphatic heterocycles. The third-order valence-electron chi connectivity index (χ3n) is 3.08. The van der Waals surface area contributed by atoms with E-state index in [0.717, 1.165) is 26.1 Å². The predicted octanol–water partition coefficient (Wildman–Crippen LogP) is 2.04. The van der Waals surface area contributed by atoms with Crippen molar-refractivity contribution in [3.8, 4) is 0 Å². The Morgan fingerprint density at radius 2 is 1.95 bits per heavy atom. The summed E-state index contributed by atoms with van der Waals surface area (Å²) in [7, 11) is -3.49. The van der Waals surface area contributed by atoms with Gasteiger partial charge in [-0.05, 0) is 60.2 Å². The number of nitrogens with one attached hydrogen (secondary N) is 1. The second kappa shape index (κ2) is 7.97. The number of sulfonamides is 1. The van der Waals surface area contributed by atoms with Crippen LogP contribution in [0, 0.1) is 0 Å². The maximum absolute atomic E-state index is 12.2. The summed E-state index contributed by atoms with van der Waals surface area (Å²) in [6.07, 6.45) is 0.785. The average Bonchev–Trinajstić information content (AvgIpc) is 2.38. The molecule has 0 spiro atoms. The molecule has 114 valence electrons. The molecule has 5 nitrogen and oxygen atoms in total. The van der Waals surface area contributed by atoms with E-state index in [1.165, 1.54) is 6.07 Å². The Kier molecular flexibility index (Phi) is 6.94. The highest BCUT2D eigenvalue weighted by Gasteiger charge is 2.17. The summed E-state index contributed by atoms with van der Waals surface area (Å²) in [5.41, 5.74) is 6.13. The molecule has 1 rings (SSSR count). The molecule has 1 aromatic rings. The number of nitrogens with zero attached hydrogens (tertiary/aromatic N) is 1. The van der Waals surface area contributed by atoms with Gasteiger partial charge in [-0.1, -0.05) is 13.8 Å². The highest BCUT2D eigenvalue weighted by atomic mass is 79.9. The summed E-state index contributed by atoms with van der Waals surface area (Å²) in [6.45, 7) is 7.46. The molecule has 0 saturated heterocycles. The van der Waals surface area contributed by atoms with Crippen LogP contribution in [0.5, 0.6) is 0 Å². The Hall–Kier alpha value is -0.630. The van der Waals surface area contributed by atoms with Crippen molar-refractivity contribution in [2.45, 2.75) is 25.2 Å². The fraction of sp³-hybridized carbons (Fsp3) is 0.538. The van der Waals surface area contributed by atoms with Crippen molar-refractivity contribution >= 4 is 31.6 Å². The maximum atomic E-state index is 12.2. The maximum Gasteiger partial charge on any atom is 0.241 e. The molecule has 0 bridgehead atoms. The molecule has 0 unspecified atom stereocenters. The predicted molar refractivity (Wildman–Crippen MR) is 86.1 cm³/mol. The minimum absolute atomic E-state index is 0.217. The summed E-state index contributed by atoms with van der Waals surface area (Å²) in [6, 6.07) is 4.67. The van der Waals surface area contributed by atoms with E-state index in [2.05, 4.69) is 39.4 Å².